The molecule has 0 aromatic heterocycles. The van der Waals surface area contributed by atoms with Crippen molar-refractivity contribution in [3.63, 3.8) is 0 Å². The average Bonchev–Trinajstić information content (AvgIpc) is 3.15. The third kappa shape index (κ3) is 5.44. The Bertz CT molecular complexity index is 1040. The Morgan fingerprint density at radius 2 is 1.97 bits per heavy atom. The molecular weight excluding hydrogens is 504 g/mol. The molecule has 162 valence electrons. The number of halogens is 2. The van der Waals surface area contributed by atoms with Crippen molar-refractivity contribution in [2.24, 2.45) is 4.99 Å². The van der Waals surface area contributed by atoms with Gasteiger partial charge in [-0.3, -0.25) is 4.79 Å². The van der Waals surface area contributed by atoms with Crippen LogP contribution >= 0.6 is 39.3 Å². The first-order valence-electron chi connectivity index (χ1n) is 9.63. The molecule has 0 saturated carbocycles. The Hall–Kier alpha value is -2.00. The van der Waals surface area contributed by atoms with Crippen molar-refractivity contribution in [3.8, 4) is 11.5 Å². The lowest BCUT2D eigenvalue weighted by atomic mass is 10.2. The zero-order valence-corrected chi connectivity index (χ0v) is 19.9. The lowest BCUT2D eigenvalue weighted by Gasteiger charge is -2.27. The van der Waals surface area contributed by atoms with Crippen LogP contribution in [-0.4, -0.2) is 49.4 Å². The monoisotopic (exact) mass is 522 g/mol. The third-order valence-electron chi connectivity index (χ3n) is 4.77. The van der Waals surface area contributed by atoms with Gasteiger partial charge in [0.25, 0.3) is 5.91 Å². The molecule has 2 aromatic carbocycles. The number of amides is 1. The van der Waals surface area contributed by atoms with Crippen LogP contribution in [-0.2, 0) is 16.1 Å². The molecule has 0 unspecified atom stereocenters. The van der Waals surface area contributed by atoms with Crippen molar-refractivity contribution < 1.29 is 19.0 Å². The Kier molecular flexibility index (Phi) is 7.22. The van der Waals surface area contributed by atoms with Gasteiger partial charge >= 0.3 is 0 Å². The summed E-state index contributed by atoms with van der Waals surface area (Å²) in [6, 6.07) is 11.2. The molecule has 0 bridgehead atoms. The maximum Gasteiger partial charge on any atom is 0.286 e. The molecule has 2 aliphatic rings. The van der Waals surface area contributed by atoms with E-state index < -0.39 is 0 Å². The summed E-state index contributed by atoms with van der Waals surface area (Å²) >= 11 is 10.9. The van der Waals surface area contributed by atoms with Crippen molar-refractivity contribution in [3.05, 3.63) is 61.9 Å². The SMILES string of the molecule is COc1cc(C=C2SC(N3CCOCC3)=NC2=O)c(Br)cc1OCc1ccc(Cl)cc1. The number of benzene rings is 2. The second-order valence-corrected chi connectivity index (χ2v) is 9.15. The van der Waals surface area contributed by atoms with Crippen LogP contribution in [0.15, 0.2) is 50.8 Å². The molecule has 31 heavy (non-hydrogen) atoms. The molecule has 1 saturated heterocycles. The summed E-state index contributed by atoms with van der Waals surface area (Å²) in [5.41, 5.74) is 1.81. The Balaban J connectivity index is 1.50. The van der Waals surface area contributed by atoms with E-state index in [9.17, 15) is 4.79 Å². The van der Waals surface area contributed by atoms with E-state index in [0.717, 1.165) is 33.9 Å². The number of rotatable bonds is 5. The number of ether oxygens (including phenoxy) is 3. The minimum Gasteiger partial charge on any atom is -0.493 e. The molecule has 6 nitrogen and oxygen atoms in total. The van der Waals surface area contributed by atoms with Crippen LogP contribution in [0.3, 0.4) is 0 Å². The summed E-state index contributed by atoms with van der Waals surface area (Å²) < 4.78 is 17.6. The highest BCUT2D eigenvalue weighted by molar-refractivity contribution is 9.10. The fourth-order valence-electron chi connectivity index (χ4n) is 3.10. The first-order chi connectivity index (χ1) is 15.0. The third-order valence-corrected chi connectivity index (χ3v) is 6.75. The van der Waals surface area contributed by atoms with Gasteiger partial charge in [0.15, 0.2) is 16.7 Å². The number of carbonyl (C=O) groups is 1. The molecular formula is C22H20BrClN2O4S. The molecule has 0 spiro atoms. The minimum atomic E-state index is -0.236. The van der Waals surface area contributed by atoms with E-state index >= 15 is 0 Å². The first kappa shape index (κ1) is 22.2. The van der Waals surface area contributed by atoms with Gasteiger partial charge in [-0.25, -0.2) is 0 Å². The normalized spacial score (nSPS) is 17.8. The molecule has 4 rings (SSSR count). The van der Waals surface area contributed by atoms with Crippen molar-refractivity contribution in [1.29, 1.82) is 0 Å². The van der Waals surface area contributed by atoms with Crippen LogP contribution < -0.4 is 9.47 Å². The lowest BCUT2D eigenvalue weighted by molar-refractivity contribution is -0.113. The maximum absolute atomic E-state index is 12.4. The zero-order chi connectivity index (χ0) is 21.8. The second kappa shape index (κ2) is 10.1. The molecule has 9 heteroatoms. The summed E-state index contributed by atoms with van der Waals surface area (Å²) in [4.78, 5) is 19.3. The average molecular weight is 524 g/mol. The van der Waals surface area contributed by atoms with Crippen LogP contribution in [0.2, 0.25) is 5.02 Å². The highest BCUT2D eigenvalue weighted by Gasteiger charge is 2.27. The van der Waals surface area contributed by atoms with E-state index in [1.807, 2.05) is 42.5 Å². The predicted molar refractivity (Wildman–Crippen MR) is 127 cm³/mol. The quantitative estimate of drug-likeness (QED) is 0.515. The van der Waals surface area contributed by atoms with E-state index in [0.29, 0.717) is 41.2 Å². The minimum absolute atomic E-state index is 0.236. The fourth-order valence-corrected chi connectivity index (χ4v) is 4.62. The van der Waals surface area contributed by atoms with E-state index in [1.54, 1.807) is 7.11 Å². The molecule has 2 heterocycles. The van der Waals surface area contributed by atoms with Crippen molar-refractivity contribution in [2.45, 2.75) is 6.61 Å². The van der Waals surface area contributed by atoms with Gasteiger partial charge in [0.2, 0.25) is 0 Å². The first-order valence-corrected chi connectivity index (χ1v) is 11.6. The maximum atomic E-state index is 12.4. The summed E-state index contributed by atoms with van der Waals surface area (Å²) in [5, 5.41) is 1.41. The number of hydrogen-bond acceptors (Lipinski definition) is 6. The van der Waals surface area contributed by atoms with Crippen LogP contribution in [0.1, 0.15) is 11.1 Å². The Labute approximate surface area is 198 Å². The predicted octanol–water partition coefficient (Wildman–Crippen LogP) is 4.99. The zero-order valence-electron chi connectivity index (χ0n) is 16.8. The van der Waals surface area contributed by atoms with Gasteiger partial charge in [-0.05, 0) is 53.2 Å². The van der Waals surface area contributed by atoms with Crippen LogP contribution in [0.5, 0.6) is 11.5 Å². The van der Waals surface area contributed by atoms with Gasteiger partial charge in [-0.2, -0.15) is 4.99 Å². The molecule has 0 N–H and O–H groups in total. The summed E-state index contributed by atoms with van der Waals surface area (Å²) in [5.74, 6) is 0.941. The smallest absolute Gasteiger partial charge is 0.286 e. The number of carbonyl (C=O) groups excluding carboxylic acids is 1. The number of aliphatic imine (C=N–C) groups is 1. The molecule has 2 aromatic rings. The number of nitrogens with zero attached hydrogens (tertiary/aromatic N) is 2. The van der Waals surface area contributed by atoms with Gasteiger partial charge in [-0.15, -0.1) is 0 Å². The van der Waals surface area contributed by atoms with E-state index in [4.69, 9.17) is 25.8 Å². The largest absolute Gasteiger partial charge is 0.493 e. The summed E-state index contributed by atoms with van der Waals surface area (Å²) in [7, 11) is 1.59. The molecule has 0 radical (unpaired) electrons. The summed E-state index contributed by atoms with van der Waals surface area (Å²) in [6.07, 6.45) is 1.82. The number of amidine groups is 1. The number of thioether (sulfide) groups is 1. The lowest BCUT2D eigenvalue weighted by Crippen LogP contribution is -2.38. The van der Waals surface area contributed by atoms with Gasteiger partial charge in [0, 0.05) is 22.6 Å². The Morgan fingerprint density at radius 1 is 1.23 bits per heavy atom. The van der Waals surface area contributed by atoms with Crippen molar-refractivity contribution >= 4 is 56.4 Å². The van der Waals surface area contributed by atoms with Gasteiger partial charge in [-0.1, -0.05) is 39.7 Å². The van der Waals surface area contributed by atoms with Gasteiger partial charge < -0.3 is 19.1 Å². The highest BCUT2D eigenvalue weighted by atomic mass is 79.9. The van der Waals surface area contributed by atoms with E-state index in [2.05, 4.69) is 25.8 Å². The van der Waals surface area contributed by atoms with E-state index in [1.165, 1.54) is 11.8 Å². The van der Waals surface area contributed by atoms with Crippen LogP contribution in [0.4, 0.5) is 0 Å². The number of hydrogen-bond donors (Lipinski definition) is 0. The van der Waals surface area contributed by atoms with Crippen LogP contribution in [0.25, 0.3) is 6.08 Å². The standard InChI is InChI=1S/C22H20BrClN2O4S/c1-28-18-10-15(11-20-21(27)25-22(31-20)26-6-8-29-9-7-26)17(23)12-19(18)30-13-14-2-4-16(24)5-3-14/h2-5,10-12H,6-9,13H2,1H3. The molecule has 0 aliphatic carbocycles. The fraction of sp³-hybridized carbons (Fsp3) is 0.273. The molecule has 0 atom stereocenters. The topological polar surface area (TPSA) is 60.4 Å². The van der Waals surface area contributed by atoms with Crippen molar-refractivity contribution in [1.82, 2.24) is 4.90 Å². The second-order valence-electron chi connectivity index (χ2n) is 6.85. The molecule has 2 aliphatic heterocycles. The van der Waals surface area contributed by atoms with Crippen LogP contribution in [0, 0.1) is 0 Å². The highest BCUT2D eigenvalue weighted by Crippen LogP contribution is 2.37. The van der Waals surface area contributed by atoms with E-state index in [-0.39, 0.29) is 5.91 Å². The van der Waals surface area contributed by atoms with Gasteiger partial charge in [0.05, 0.1) is 25.2 Å². The molecule has 1 fully saturated rings. The summed E-state index contributed by atoms with van der Waals surface area (Å²) in [6.45, 7) is 3.15. The Morgan fingerprint density at radius 3 is 2.68 bits per heavy atom. The van der Waals surface area contributed by atoms with Crippen molar-refractivity contribution in [2.75, 3.05) is 33.4 Å². The molecule has 1 amide bonds. The number of morpholine rings is 1. The van der Waals surface area contributed by atoms with Gasteiger partial charge in [0.1, 0.15) is 6.61 Å². The number of methoxy groups -OCH3 is 1.